The molecule has 102 valence electrons. The van der Waals surface area contributed by atoms with Crippen molar-refractivity contribution in [2.24, 2.45) is 0 Å². The SMILES string of the molecule is N#CC(C#N)=Cc1ccccc1OCc1cccc(F)c1. The second kappa shape index (κ2) is 6.88. The Labute approximate surface area is 122 Å². The molecule has 0 radical (unpaired) electrons. The smallest absolute Gasteiger partial charge is 0.130 e. The van der Waals surface area contributed by atoms with E-state index in [4.69, 9.17) is 15.3 Å². The standard InChI is InChI=1S/C17H11FN2O/c18-16-6-3-4-13(9-16)12-21-17-7-2-1-5-15(17)8-14(10-19)11-20/h1-9H,12H2. The van der Waals surface area contributed by atoms with Crippen molar-refractivity contribution in [3.63, 3.8) is 0 Å². The number of hydrogen-bond donors (Lipinski definition) is 0. The summed E-state index contributed by atoms with van der Waals surface area (Å²) in [6, 6.07) is 16.8. The first-order chi connectivity index (χ1) is 10.2. The number of ether oxygens (including phenoxy) is 1. The first-order valence-electron chi connectivity index (χ1n) is 6.21. The number of hydrogen-bond acceptors (Lipinski definition) is 3. The van der Waals surface area contributed by atoms with Crippen molar-refractivity contribution < 1.29 is 9.13 Å². The predicted octanol–water partition coefficient (Wildman–Crippen LogP) is 3.84. The van der Waals surface area contributed by atoms with Crippen LogP contribution in [-0.2, 0) is 6.61 Å². The van der Waals surface area contributed by atoms with Gasteiger partial charge in [0, 0.05) is 5.56 Å². The molecule has 0 aliphatic rings. The van der Waals surface area contributed by atoms with E-state index in [2.05, 4.69) is 0 Å². The van der Waals surface area contributed by atoms with Crippen LogP contribution in [0.4, 0.5) is 4.39 Å². The number of halogens is 1. The van der Waals surface area contributed by atoms with Gasteiger partial charge in [0.25, 0.3) is 0 Å². The van der Waals surface area contributed by atoms with Crippen LogP contribution in [0.15, 0.2) is 54.1 Å². The van der Waals surface area contributed by atoms with Gasteiger partial charge >= 0.3 is 0 Å². The normalized spacial score (nSPS) is 9.29. The Morgan fingerprint density at radius 3 is 2.57 bits per heavy atom. The molecule has 0 heterocycles. The highest BCUT2D eigenvalue weighted by Gasteiger charge is 2.03. The van der Waals surface area contributed by atoms with Crippen LogP contribution in [0, 0.1) is 28.5 Å². The average molecular weight is 278 g/mol. The molecule has 0 aromatic heterocycles. The van der Waals surface area contributed by atoms with Crippen LogP contribution in [0.1, 0.15) is 11.1 Å². The maximum Gasteiger partial charge on any atom is 0.130 e. The molecule has 3 nitrogen and oxygen atoms in total. The Morgan fingerprint density at radius 2 is 1.86 bits per heavy atom. The van der Waals surface area contributed by atoms with E-state index in [0.717, 1.165) is 0 Å². The van der Waals surface area contributed by atoms with E-state index in [9.17, 15) is 4.39 Å². The Hall–Kier alpha value is -3.11. The summed E-state index contributed by atoms with van der Waals surface area (Å²) >= 11 is 0. The van der Waals surface area contributed by atoms with Gasteiger partial charge in [-0.05, 0) is 29.8 Å². The summed E-state index contributed by atoms with van der Waals surface area (Å²) in [5.74, 6) is 0.213. The van der Waals surface area contributed by atoms with E-state index in [-0.39, 0.29) is 18.0 Å². The Morgan fingerprint density at radius 1 is 1.10 bits per heavy atom. The van der Waals surface area contributed by atoms with E-state index in [0.29, 0.717) is 16.9 Å². The predicted molar refractivity (Wildman–Crippen MR) is 76.4 cm³/mol. The van der Waals surface area contributed by atoms with Crippen molar-refractivity contribution in [1.29, 1.82) is 10.5 Å². The first-order valence-corrected chi connectivity index (χ1v) is 6.21. The van der Waals surface area contributed by atoms with E-state index in [1.807, 2.05) is 0 Å². The van der Waals surface area contributed by atoms with E-state index >= 15 is 0 Å². The fourth-order valence-electron chi connectivity index (χ4n) is 1.76. The van der Waals surface area contributed by atoms with Gasteiger partial charge in [0.2, 0.25) is 0 Å². The van der Waals surface area contributed by atoms with Gasteiger partial charge in [-0.15, -0.1) is 0 Å². The van der Waals surface area contributed by atoms with E-state index in [1.165, 1.54) is 18.2 Å². The van der Waals surface area contributed by atoms with E-state index in [1.54, 1.807) is 48.5 Å². The van der Waals surface area contributed by atoms with Crippen molar-refractivity contribution in [2.75, 3.05) is 0 Å². The van der Waals surface area contributed by atoms with Gasteiger partial charge in [-0.25, -0.2) is 4.39 Å². The fraction of sp³-hybridized carbons (Fsp3) is 0.0588. The Balaban J connectivity index is 2.20. The molecule has 0 fully saturated rings. The lowest BCUT2D eigenvalue weighted by atomic mass is 10.1. The minimum absolute atomic E-state index is 0.00296. The van der Waals surface area contributed by atoms with Crippen molar-refractivity contribution in [3.05, 3.63) is 71.0 Å². The van der Waals surface area contributed by atoms with Crippen LogP contribution < -0.4 is 4.74 Å². The second-order valence-electron chi connectivity index (χ2n) is 4.24. The largest absolute Gasteiger partial charge is 0.488 e. The molecule has 0 aliphatic carbocycles. The summed E-state index contributed by atoms with van der Waals surface area (Å²) in [6.07, 6.45) is 1.46. The molecule has 2 aromatic carbocycles. The molecule has 0 bridgehead atoms. The van der Waals surface area contributed by atoms with Gasteiger partial charge in [0.1, 0.15) is 35.9 Å². The molecule has 0 atom stereocenters. The van der Waals surface area contributed by atoms with Gasteiger partial charge in [-0.1, -0.05) is 30.3 Å². The molecule has 0 spiro atoms. The fourth-order valence-corrected chi connectivity index (χ4v) is 1.76. The molecule has 4 heteroatoms. The topological polar surface area (TPSA) is 56.8 Å². The van der Waals surface area contributed by atoms with Crippen molar-refractivity contribution in [2.45, 2.75) is 6.61 Å². The lowest BCUT2D eigenvalue weighted by molar-refractivity contribution is 0.305. The highest BCUT2D eigenvalue weighted by molar-refractivity contribution is 5.66. The third-order valence-corrected chi connectivity index (χ3v) is 2.74. The molecular weight excluding hydrogens is 267 g/mol. The number of para-hydroxylation sites is 1. The highest BCUT2D eigenvalue weighted by atomic mass is 19.1. The highest BCUT2D eigenvalue weighted by Crippen LogP contribution is 2.22. The molecule has 0 unspecified atom stereocenters. The van der Waals surface area contributed by atoms with Gasteiger partial charge < -0.3 is 4.74 Å². The third kappa shape index (κ3) is 3.92. The summed E-state index contributed by atoms with van der Waals surface area (Å²) in [7, 11) is 0. The van der Waals surface area contributed by atoms with Crippen LogP contribution in [-0.4, -0.2) is 0 Å². The number of nitrogens with zero attached hydrogens (tertiary/aromatic N) is 2. The Kier molecular flexibility index (Phi) is 4.69. The zero-order chi connectivity index (χ0) is 15.1. The summed E-state index contributed by atoms with van der Waals surface area (Å²) < 4.78 is 18.7. The summed E-state index contributed by atoms with van der Waals surface area (Å²) in [6.45, 7) is 0.205. The lowest BCUT2D eigenvalue weighted by Gasteiger charge is -2.09. The van der Waals surface area contributed by atoms with Crippen LogP contribution in [0.5, 0.6) is 5.75 Å². The zero-order valence-electron chi connectivity index (χ0n) is 11.1. The molecule has 0 saturated heterocycles. The van der Waals surface area contributed by atoms with Gasteiger partial charge in [0.15, 0.2) is 0 Å². The number of benzene rings is 2. The monoisotopic (exact) mass is 278 g/mol. The molecular formula is C17H11FN2O. The van der Waals surface area contributed by atoms with Crippen LogP contribution in [0.3, 0.4) is 0 Å². The summed E-state index contributed by atoms with van der Waals surface area (Å²) in [5.41, 5.74) is 1.33. The number of nitriles is 2. The maximum absolute atomic E-state index is 13.1. The van der Waals surface area contributed by atoms with Crippen LogP contribution in [0.2, 0.25) is 0 Å². The zero-order valence-corrected chi connectivity index (χ0v) is 11.1. The summed E-state index contributed by atoms with van der Waals surface area (Å²) in [4.78, 5) is 0. The average Bonchev–Trinajstić information content (AvgIpc) is 2.51. The minimum atomic E-state index is -0.319. The number of allylic oxidation sites excluding steroid dienone is 1. The van der Waals surface area contributed by atoms with Crippen molar-refractivity contribution in [1.82, 2.24) is 0 Å². The Bertz CT molecular complexity index is 738. The van der Waals surface area contributed by atoms with Gasteiger partial charge in [0.05, 0.1) is 0 Å². The first kappa shape index (κ1) is 14.3. The van der Waals surface area contributed by atoms with E-state index < -0.39 is 0 Å². The lowest BCUT2D eigenvalue weighted by Crippen LogP contribution is -1.97. The third-order valence-electron chi connectivity index (χ3n) is 2.74. The molecule has 0 saturated carbocycles. The molecule has 0 aliphatic heterocycles. The number of rotatable bonds is 4. The summed E-state index contributed by atoms with van der Waals surface area (Å²) in [5, 5.41) is 17.6. The molecule has 21 heavy (non-hydrogen) atoms. The van der Waals surface area contributed by atoms with Crippen LogP contribution >= 0.6 is 0 Å². The minimum Gasteiger partial charge on any atom is -0.488 e. The van der Waals surface area contributed by atoms with Crippen molar-refractivity contribution >= 4 is 6.08 Å². The maximum atomic E-state index is 13.1. The van der Waals surface area contributed by atoms with Gasteiger partial charge in [-0.3, -0.25) is 0 Å². The molecule has 2 aromatic rings. The second-order valence-corrected chi connectivity index (χ2v) is 4.24. The molecule has 2 rings (SSSR count). The van der Waals surface area contributed by atoms with Gasteiger partial charge in [-0.2, -0.15) is 10.5 Å². The van der Waals surface area contributed by atoms with Crippen LogP contribution in [0.25, 0.3) is 6.08 Å². The van der Waals surface area contributed by atoms with Crippen molar-refractivity contribution in [3.8, 4) is 17.9 Å². The molecule has 0 amide bonds. The molecule has 0 N–H and O–H groups in total. The quantitative estimate of drug-likeness (QED) is 0.798.